The molecule has 0 heterocycles. The molecule has 0 bridgehead atoms. The predicted octanol–water partition coefficient (Wildman–Crippen LogP) is 2.42. The molecule has 18 heavy (non-hydrogen) atoms. The lowest BCUT2D eigenvalue weighted by molar-refractivity contribution is 0.191. The van der Waals surface area contributed by atoms with Crippen LogP contribution in [0, 0.1) is 0 Å². The molecule has 0 saturated carbocycles. The number of nitrogens with two attached hydrogens (primary N) is 1. The molecule has 3 nitrogen and oxygen atoms in total. The monoisotopic (exact) mass is 248 g/mol. The molecular formula is C15H24N2O. The fourth-order valence-corrected chi connectivity index (χ4v) is 1.73. The van der Waals surface area contributed by atoms with E-state index in [1.54, 1.807) is 0 Å². The molecule has 0 atom stereocenters. The van der Waals surface area contributed by atoms with E-state index in [0.717, 1.165) is 24.4 Å². The summed E-state index contributed by atoms with van der Waals surface area (Å²) in [6.45, 7) is 11.2. The van der Waals surface area contributed by atoms with E-state index in [1.807, 2.05) is 30.3 Å². The Labute approximate surface area is 110 Å². The standard InChI is InChI=1S/C15H24N2O/c1-4-9-17(13(2)3)10-11-18-15-7-5-14(12-16)6-8-15/h4-8,13H,1,9-12,16H2,2-3H3. The highest BCUT2D eigenvalue weighted by molar-refractivity contribution is 5.27. The highest BCUT2D eigenvalue weighted by Crippen LogP contribution is 2.11. The Morgan fingerprint density at radius 3 is 2.50 bits per heavy atom. The summed E-state index contributed by atoms with van der Waals surface area (Å²) in [4.78, 5) is 2.32. The summed E-state index contributed by atoms with van der Waals surface area (Å²) in [5, 5.41) is 0. The Hall–Kier alpha value is -1.32. The van der Waals surface area contributed by atoms with Gasteiger partial charge in [-0.2, -0.15) is 0 Å². The zero-order chi connectivity index (χ0) is 13.4. The number of rotatable bonds is 8. The first-order valence-corrected chi connectivity index (χ1v) is 6.44. The van der Waals surface area contributed by atoms with Crippen molar-refractivity contribution >= 4 is 0 Å². The van der Waals surface area contributed by atoms with Gasteiger partial charge in [-0.15, -0.1) is 6.58 Å². The van der Waals surface area contributed by atoms with Crippen molar-refractivity contribution in [2.75, 3.05) is 19.7 Å². The van der Waals surface area contributed by atoms with Gasteiger partial charge in [-0.3, -0.25) is 4.90 Å². The fourth-order valence-electron chi connectivity index (χ4n) is 1.73. The second-order valence-electron chi connectivity index (χ2n) is 4.57. The van der Waals surface area contributed by atoms with Crippen LogP contribution in [0.4, 0.5) is 0 Å². The minimum atomic E-state index is 0.506. The van der Waals surface area contributed by atoms with Crippen LogP contribution >= 0.6 is 0 Å². The van der Waals surface area contributed by atoms with Crippen LogP contribution in [-0.2, 0) is 6.54 Å². The minimum absolute atomic E-state index is 0.506. The van der Waals surface area contributed by atoms with E-state index >= 15 is 0 Å². The van der Waals surface area contributed by atoms with E-state index in [4.69, 9.17) is 10.5 Å². The van der Waals surface area contributed by atoms with Crippen LogP contribution in [-0.4, -0.2) is 30.6 Å². The van der Waals surface area contributed by atoms with Gasteiger partial charge < -0.3 is 10.5 Å². The molecule has 0 fully saturated rings. The van der Waals surface area contributed by atoms with Crippen LogP contribution in [0.25, 0.3) is 0 Å². The largest absolute Gasteiger partial charge is 0.492 e. The van der Waals surface area contributed by atoms with Gasteiger partial charge in [0.2, 0.25) is 0 Å². The van der Waals surface area contributed by atoms with E-state index in [-0.39, 0.29) is 0 Å². The first-order chi connectivity index (χ1) is 8.67. The normalized spacial score (nSPS) is 10.9. The Morgan fingerprint density at radius 2 is 2.00 bits per heavy atom. The van der Waals surface area contributed by atoms with Crippen LogP contribution < -0.4 is 10.5 Å². The molecule has 0 amide bonds. The second-order valence-corrected chi connectivity index (χ2v) is 4.57. The molecule has 0 aromatic heterocycles. The van der Waals surface area contributed by atoms with Gasteiger partial charge in [0.05, 0.1) is 0 Å². The van der Waals surface area contributed by atoms with E-state index in [0.29, 0.717) is 19.2 Å². The Morgan fingerprint density at radius 1 is 1.33 bits per heavy atom. The molecule has 0 aliphatic rings. The smallest absolute Gasteiger partial charge is 0.119 e. The second kappa shape index (κ2) is 7.90. The lowest BCUT2D eigenvalue weighted by Crippen LogP contribution is -2.34. The SMILES string of the molecule is C=CCN(CCOc1ccc(CN)cc1)C(C)C. The van der Waals surface area contributed by atoms with E-state index < -0.39 is 0 Å². The molecule has 1 aromatic rings. The molecule has 2 N–H and O–H groups in total. The van der Waals surface area contributed by atoms with Crippen molar-refractivity contribution in [1.82, 2.24) is 4.90 Å². The third-order valence-electron chi connectivity index (χ3n) is 2.90. The van der Waals surface area contributed by atoms with E-state index in [9.17, 15) is 0 Å². The molecule has 3 heteroatoms. The molecule has 0 radical (unpaired) electrons. The van der Waals surface area contributed by atoms with Crippen molar-refractivity contribution < 1.29 is 4.74 Å². The third-order valence-corrected chi connectivity index (χ3v) is 2.90. The Bertz CT molecular complexity index is 346. The average Bonchev–Trinajstić information content (AvgIpc) is 2.38. The number of hydrogen-bond acceptors (Lipinski definition) is 3. The van der Waals surface area contributed by atoms with Gasteiger partial charge >= 0.3 is 0 Å². The summed E-state index contributed by atoms with van der Waals surface area (Å²) >= 11 is 0. The van der Waals surface area contributed by atoms with E-state index in [2.05, 4.69) is 25.3 Å². The molecule has 1 rings (SSSR count). The lowest BCUT2D eigenvalue weighted by Gasteiger charge is -2.24. The summed E-state index contributed by atoms with van der Waals surface area (Å²) in [5.74, 6) is 0.898. The number of hydrogen-bond donors (Lipinski definition) is 1. The van der Waals surface area contributed by atoms with Crippen LogP contribution in [0.5, 0.6) is 5.75 Å². The lowest BCUT2D eigenvalue weighted by atomic mass is 10.2. The quantitative estimate of drug-likeness (QED) is 0.718. The van der Waals surface area contributed by atoms with Gasteiger partial charge in [0.15, 0.2) is 0 Å². The number of nitrogens with zero attached hydrogens (tertiary/aromatic N) is 1. The summed E-state index contributed by atoms with van der Waals surface area (Å²) in [6, 6.07) is 8.44. The van der Waals surface area contributed by atoms with Gasteiger partial charge in [-0.25, -0.2) is 0 Å². The Balaban J connectivity index is 2.37. The zero-order valence-corrected chi connectivity index (χ0v) is 11.4. The molecule has 0 spiro atoms. The maximum atomic E-state index is 5.72. The fraction of sp³-hybridized carbons (Fsp3) is 0.467. The van der Waals surface area contributed by atoms with Gasteiger partial charge in [0, 0.05) is 25.7 Å². The molecule has 0 unspecified atom stereocenters. The summed E-state index contributed by atoms with van der Waals surface area (Å²) in [6.07, 6.45) is 1.93. The third kappa shape index (κ3) is 4.90. The summed E-state index contributed by atoms with van der Waals surface area (Å²) < 4.78 is 5.72. The van der Waals surface area contributed by atoms with Crippen LogP contribution in [0.2, 0.25) is 0 Å². The molecule has 0 aliphatic heterocycles. The van der Waals surface area contributed by atoms with Crippen molar-refractivity contribution in [1.29, 1.82) is 0 Å². The van der Waals surface area contributed by atoms with Gasteiger partial charge in [0.25, 0.3) is 0 Å². The summed E-state index contributed by atoms with van der Waals surface area (Å²) in [5.41, 5.74) is 6.67. The molecule has 100 valence electrons. The van der Waals surface area contributed by atoms with Gasteiger partial charge in [-0.1, -0.05) is 18.2 Å². The Kier molecular flexibility index (Phi) is 6.47. The topological polar surface area (TPSA) is 38.5 Å². The molecular weight excluding hydrogens is 224 g/mol. The molecule has 0 saturated heterocycles. The van der Waals surface area contributed by atoms with Gasteiger partial charge in [-0.05, 0) is 31.5 Å². The van der Waals surface area contributed by atoms with Crippen molar-refractivity contribution in [2.24, 2.45) is 5.73 Å². The van der Waals surface area contributed by atoms with Crippen molar-refractivity contribution in [3.05, 3.63) is 42.5 Å². The van der Waals surface area contributed by atoms with Crippen LogP contribution in [0.15, 0.2) is 36.9 Å². The summed E-state index contributed by atoms with van der Waals surface area (Å²) in [7, 11) is 0. The minimum Gasteiger partial charge on any atom is -0.492 e. The highest BCUT2D eigenvalue weighted by atomic mass is 16.5. The molecule has 1 aromatic carbocycles. The first-order valence-electron chi connectivity index (χ1n) is 6.44. The maximum absolute atomic E-state index is 5.72. The molecule has 0 aliphatic carbocycles. The van der Waals surface area contributed by atoms with Crippen molar-refractivity contribution in [3.8, 4) is 5.75 Å². The average molecular weight is 248 g/mol. The first kappa shape index (κ1) is 14.7. The predicted molar refractivity (Wildman–Crippen MR) is 76.7 cm³/mol. The van der Waals surface area contributed by atoms with E-state index in [1.165, 1.54) is 0 Å². The van der Waals surface area contributed by atoms with Crippen LogP contribution in [0.1, 0.15) is 19.4 Å². The number of ether oxygens (including phenoxy) is 1. The zero-order valence-electron chi connectivity index (χ0n) is 11.4. The number of benzene rings is 1. The van der Waals surface area contributed by atoms with Crippen molar-refractivity contribution in [2.45, 2.75) is 26.4 Å². The highest BCUT2D eigenvalue weighted by Gasteiger charge is 2.07. The van der Waals surface area contributed by atoms with Crippen molar-refractivity contribution in [3.63, 3.8) is 0 Å². The maximum Gasteiger partial charge on any atom is 0.119 e. The van der Waals surface area contributed by atoms with Crippen LogP contribution in [0.3, 0.4) is 0 Å². The van der Waals surface area contributed by atoms with Gasteiger partial charge in [0.1, 0.15) is 12.4 Å².